The van der Waals surface area contributed by atoms with Gasteiger partial charge in [-0.05, 0) is 74.4 Å². The number of guanidine groups is 1. The molecule has 0 spiro atoms. The molecule has 4 saturated carbocycles. The van der Waals surface area contributed by atoms with E-state index in [1.165, 1.54) is 60.0 Å². The van der Waals surface area contributed by atoms with Crippen LogP contribution in [0.2, 0.25) is 5.82 Å². The molecule has 8 heteroatoms. The maximum Gasteiger partial charge on any atom is 0.393 e. The van der Waals surface area contributed by atoms with Gasteiger partial charge in [0.05, 0.1) is 29.4 Å². The summed E-state index contributed by atoms with van der Waals surface area (Å²) in [5.74, 6) is 2.19. The molecule has 1 aromatic rings. The summed E-state index contributed by atoms with van der Waals surface area (Å²) in [5, 5.41) is 0. The lowest BCUT2D eigenvalue weighted by molar-refractivity contribution is -0.194. The molecule has 1 aromatic carbocycles. The molecule has 4 nitrogen and oxygen atoms in total. The molecule has 0 aromatic heterocycles. The molecule has 9 rings (SSSR count). The topological polar surface area (TPSA) is 28.1 Å². The highest BCUT2D eigenvalue weighted by atomic mass is 19.4. The summed E-state index contributed by atoms with van der Waals surface area (Å²) in [6.45, 7) is 11.6. The van der Waals surface area contributed by atoms with Crippen molar-refractivity contribution in [2.75, 3.05) is 0 Å². The molecule has 11 unspecified atom stereocenters. The Kier molecular flexibility index (Phi) is 7.20. The SMILES string of the molecule is CC1CC2C(N=C3N4C5=C(OC6CCCCC56)B(c5c(C(C)C)cccc5C(C)C)C5CCC6CCCC(C6C54)N32)C(C(F)(F)F)C1. The number of nitrogens with zero attached hydrogens (tertiary/aromatic N) is 3. The Morgan fingerprint density at radius 1 is 0.894 bits per heavy atom. The van der Waals surface area contributed by atoms with Crippen LogP contribution in [0.25, 0.3) is 0 Å². The largest absolute Gasteiger partial charge is 0.502 e. The van der Waals surface area contributed by atoms with E-state index >= 15 is 0 Å². The van der Waals surface area contributed by atoms with Gasteiger partial charge < -0.3 is 14.5 Å². The van der Waals surface area contributed by atoms with Crippen LogP contribution in [0, 0.1) is 29.6 Å². The average molecular weight is 648 g/mol. The van der Waals surface area contributed by atoms with E-state index in [9.17, 15) is 13.2 Å². The van der Waals surface area contributed by atoms with Crippen molar-refractivity contribution in [3.63, 3.8) is 0 Å². The Hall–Kier alpha value is -2.12. The van der Waals surface area contributed by atoms with Gasteiger partial charge in [-0.3, -0.25) is 0 Å². The van der Waals surface area contributed by atoms with Crippen LogP contribution in [0.15, 0.2) is 34.5 Å². The quantitative estimate of drug-likeness (QED) is 0.308. The molecule has 0 radical (unpaired) electrons. The lowest BCUT2D eigenvalue weighted by atomic mass is 9.28. The van der Waals surface area contributed by atoms with Crippen molar-refractivity contribution in [3.05, 3.63) is 40.7 Å². The van der Waals surface area contributed by atoms with Crippen LogP contribution in [-0.4, -0.2) is 58.9 Å². The van der Waals surface area contributed by atoms with Crippen LogP contribution < -0.4 is 5.46 Å². The second kappa shape index (κ2) is 10.9. The molecule has 47 heavy (non-hydrogen) atoms. The van der Waals surface area contributed by atoms with Gasteiger partial charge in [0.1, 0.15) is 6.10 Å². The number of ether oxygens (including phenoxy) is 1. The van der Waals surface area contributed by atoms with E-state index in [0.717, 1.165) is 38.1 Å². The van der Waals surface area contributed by atoms with E-state index in [0.29, 0.717) is 41.4 Å². The van der Waals surface area contributed by atoms with Crippen molar-refractivity contribution in [2.24, 2.45) is 34.6 Å². The van der Waals surface area contributed by atoms with Crippen molar-refractivity contribution >= 4 is 18.1 Å². The van der Waals surface area contributed by atoms with Gasteiger partial charge in [0.2, 0.25) is 5.96 Å². The fraction of sp³-hybridized carbons (Fsp3) is 0.769. The van der Waals surface area contributed by atoms with Crippen molar-refractivity contribution in [1.82, 2.24) is 9.80 Å². The molecular weight excluding hydrogens is 594 g/mol. The van der Waals surface area contributed by atoms with Crippen molar-refractivity contribution < 1.29 is 17.9 Å². The normalized spacial score (nSPS) is 40.5. The predicted octanol–water partition coefficient (Wildman–Crippen LogP) is 8.64. The van der Waals surface area contributed by atoms with E-state index in [2.05, 4.69) is 55.7 Å². The highest BCUT2D eigenvalue weighted by Crippen LogP contribution is 2.61. The highest BCUT2D eigenvalue weighted by Gasteiger charge is 2.67. The molecule has 0 bridgehead atoms. The first-order chi connectivity index (χ1) is 22.5. The zero-order valence-corrected chi connectivity index (χ0v) is 29.0. The van der Waals surface area contributed by atoms with Crippen LogP contribution in [0.1, 0.15) is 128 Å². The van der Waals surface area contributed by atoms with Crippen LogP contribution in [-0.2, 0) is 4.74 Å². The van der Waals surface area contributed by atoms with Crippen molar-refractivity contribution in [2.45, 2.75) is 159 Å². The summed E-state index contributed by atoms with van der Waals surface area (Å²) in [7, 11) is 0. The Bertz CT molecular complexity index is 1460. The van der Waals surface area contributed by atoms with Gasteiger partial charge in [-0.2, -0.15) is 13.2 Å². The van der Waals surface area contributed by atoms with Gasteiger partial charge >= 0.3 is 6.18 Å². The fourth-order valence-electron chi connectivity index (χ4n) is 12.6. The van der Waals surface area contributed by atoms with E-state index < -0.39 is 18.1 Å². The highest BCUT2D eigenvalue weighted by molar-refractivity contribution is 6.82. The van der Waals surface area contributed by atoms with Gasteiger partial charge in [0.15, 0.2) is 0 Å². The summed E-state index contributed by atoms with van der Waals surface area (Å²) in [5.41, 5.74) is 6.91. The first kappa shape index (κ1) is 30.9. The molecule has 4 aliphatic carbocycles. The van der Waals surface area contributed by atoms with E-state index in [1.807, 2.05) is 6.92 Å². The van der Waals surface area contributed by atoms with E-state index in [-0.39, 0.29) is 37.2 Å². The first-order valence-electron chi connectivity index (χ1n) is 19.3. The summed E-state index contributed by atoms with van der Waals surface area (Å²) >= 11 is 0. The molecule has 8 aliphatic rings. The molecular formula is C39H53BF3N3O. The monoisotopic (exact) mass is 647 g/mol. The number of hydrogen-bond acceptors (Lipinski definition) is 4. The Morgan fingerprint density at radius 3 is 2.36 bits per heavy atom. The zero-order chi connectivity index (χ0) is 32.5. The molecule has 11 atom stereocenters. The second-order valence-corrected chi connectivity index (χ2v) is 17.5. The zero-order valence-electron chi connectivity index (χ0n) is 29.0. The Balaban J connectivity index is 1.28. The summed E-state index contributed by atoms with van der Waals surface area (Å²) in [4.78, 5) is 10.5. The second-order valence-electron chi connectivity index (χ2n) is 17.5. The van der Waals surface area contributed by atoms with E-state index in [4.69, 9.17) is 9.73 Å². The molecule has 4 aliphatic heterocycles. The smallest absolute Gasteiger partial charge is 0.393 e. The molecule has 0 N–H and O–H groups in total. The lowest BCUT2D eigenvalue weighted by Crippen LogP contribution is -2.72. The van der Waals surface area contributed by atoms with Gasteiger partial charge in [0.25, 0.3) is 6.71 Å². The third-order valence-corrected chi connectivity index (χ3v) is 14.3. The number of halogens is 3. The summed E-state index contributed by atoms with van der Waals surface area (Å²) in [6, 6.07) is 6.72. The number of benzene rings is 1. The maximum atomic E-state index is 14.8. The number of aliphatic imine (C=N–C) groups is 1. The number of rotatable bonds is 3. The Labute approximate surface area is 280 Å². The third kappa shape index (κ3) is 4.43. The maximum absolute atomic E-state index is 14.8. The average Bonchev–Trinajstić information content (AvgIpc) is 3.61. The standard InChI is InChI=1S/C39H53BF3N3O/c1-20(2)24-12-9-13-25(21(3)4)33(24)40-28-17-16-23-10-8-14-29-32(23)36(28)46(35-26-11-6-7-15-31(26)47-37(35)40)38-44-34-27(39(41,42)43)18-22(5)19-30(34)45(29)38/h9,12-13,20-23,26-32,34,36H,6-8,10-11,14-19H2,1-5H3. The molecule has 5 fully saturated rings. The Morgan fingerprint density at radius 2 is 1.64 bits per heavy atom. The third-order valence-electron chi connectivity index (χ3n) is 14.3. The fourth-order valence-corrected chi connectivity index (χ4v) is 12.6. The van der Waals surface area contributed by atoms with Crippen LogP contribution >= 0.6 is 0 Å². The van der Waals surface area contributed by atoms with E-state index in [1.54, 1.807) is 0 Å². The van der Waals surface area contributed by atoms with Crippen LogP contribution in [0.4, 0.5) is 13.2 Å². The van der Waals surface area contributed by atoms with Crippen LogP contribution in [0.5, 0.6) is 0 Å². The van der Waals surface area contributed by atoms with Gasteiger partial charge in [-0.15, -0.1) is 0 Å². The molecule has 254 valence electrons. The number of fused-ring (bicyclic) bond motifs is 8. The lowest BCUT2D eigenvalue weighted by Gasteiger charge is -2.64. The molecule has 0 amide bonds. The van der Waals surface area contributed by atoms with Crippen LogP contribution in [0.3, 0.4) is 0 Å². The summed E-state index contributed by atoms with van der Waals surface area (Å²) in [6.07, 6.45) is 7.42. The van der Waals surface area contributed by atoms with Gasteiger partial charge in [-0.25, -0.2) is 4.99 Å². The molecule has 1 saturated heterocycles. The van der Waals surface area contributed by atoms with Gasteiger partial charge in [0, 0.05) is 23.9 Å². The predicted molar refractivity (Wildman–Crippen MR) is 182 cm³/mol. The minimum Gasteiger partial charge on any atom is -0.502 e. The van der Waals surface area contributed by atoms with Crippen molar-refractivity contribution in [3.8, 4) is 0 Å². The summed E-state index contributed by atoms with van der Waals surface area (Å²) < 4.78 is 51.6. The first-order valence-corrected chi connectivity index (χ1v) is 19.3. The number of alkyl halides is 3. The minimum atomic E-state index is -4.23. The minimum absolute atomic E-state index is 0.0497. The number of hydrogen-bond donors (Lipinski definition) is 0. The van der Waals surface area contributed by atoms with Crippen molar-refractivity contribution in [1.29, 1.82) is 0 Å². The molecule has 4 heterocycles. The van der Waals surface area contributed by atoms with Gasteiger partial charge in [-0.1, -0.05) is 95.1 Å².